The van der Waals surface area contributed by atoms with Gasteiger partial charge >= 0.3 is 0 Å². The lowest BCUT2D eigenvalue weighted by Crippen LogP contribution is -2.48. The number of sulfonamides is 1. The first-order valence-electron chi connectivity index (χ1n) is 5.94. The molecule has 0 amide bonds. The van der Waals surface area contributed by atoms with E-state index in [4.69, 9.17) is 5.73 Å². The second-order valence-electron chi connectivity index (χ2n) is 4.71. The maximum absolute atomic E-state index is 11.4. The minimum Gasteiger partial charge on any atom is -0.397 e. The van der Waals surface area contributed by atoms with Gasteiger partial charge in [0.05, 0.1) is 17.6 Å². The SMILES string of the molecule is Cc1ccc(N2CCN(S(C)(=O)=O)CC2)c(N)c1. The van der Waals surface area contributed by atoms with E-state index in [9.17, 15) is 8.42 Å². The molecule has 0 saturated carbocycles. The number of nitrogens with zero attached hydrogens (tertiary/aromatic N) is 2. The van der Waals surface area contributed by atoms with Crippen LogP contribution in [0.25, 0.3) is 0 Å². The Hall–Kier alpha value is -1.27. The molecule has 1 saturated heterocycles. The summed E-state index contributed by atoms with van der Waals surface area (Å²) in [5, 5.41) is 0. The first-order valence-corrected chi connectivity index (χ1v) is 7.79. The normalized spacial score (nSPS) is 18.0. The van der Waals surface area contributed by atoms with Gasteiger partial charge in [-0.15, -0.1) is 0 Å². The van der Waals surface area contributed by atoms with E-state index < -0.39 is 10.0 Å². The van der Waals surface area contributed by atoms with Gasteiger partial charge in [0.25, 0.3) is 0 Å². The monoisotopic (exact) mass is 269 g/mol. The van der Waals surface area contributed by atoms with Gasteiger partial charge in [0.2, 0.25) is 10.0 Å². The van der Waals surface area contributed by atoms with Crippen molar-refractivity contribution in [3.05, 3.63) is 23.8 Å². The predicted octanol–water partition coefficient (Wildman–Crippen LogP) is 0.659. The maximum atomic E-state index is 11.4. The van der Waals surface area contributed by atoms with E-state index in [-0.39, 0.29) is 0 Å². The molecule has 6 heteroatoms. The van der Waals surface area contributed by atoms with Gasteiger partial charge in [-0.25, -0.2) is 8.42 Å². The summed E-state index contributed by atoms with van der Waals surface area (Å²) in [6.07, 6.45) is 1.25. The van der Waals surface area contributed by atoms with Crippen LogP contribution in [0.2, 0.25) is 0 Å². The number of hydrogen-bond acceptors (Lipinski definition) is 4. The molecule has 100 valence electrons. The highest BCUT2D eigenvalue weighted by Gasteiger charge is 2.24. The second kappa shape index (κ2) is 4.78. The molecule has 0 bridgehead atoms. The lowest BCUT2D eigenvalue weighted by atomic mass is 10.1. The van der Waals surface area contributed by atoms with E-state index in [2.05, 4.69) is 4.90 Å². The number of benzene rings is 1. The molecule has 0 spiro atoms. The van der Waals surface area contributed by atoms with Gasteiger partial charge in [-0.3, -0.25) is 0 Å². The Morgan fingerprint density at radius 2 is 1.78 bits per heavy atom. The standard InChI is InChI=1S/C12H19N3O2S/c1-10-3-4-12(11(13)9-10)14-5-7-15(8-6-14)18(2,16)17/h3-4,9H,5-8,13H2,1-2H3. The molecule has 1 aromatic carbocycles. The molecular formula is C12H19N3O2S. The molecule has 0 atom stereocenters. The minimum absolute atomic E-state index is 0.520. The number of anilines is 2. The summed E-state index contributed by atoms with van der Waals surface area (Å²) in [6, 6.07) is 5.97. The molecule has 1 aromatic rings. The maximum Gasteiger partial charge on any atom is 0.211 e. The fourth-order valence-electron chi connectivity index (χ4n) is 2.22. The van der Waals surface area contributed by atoms with Crippen LogP contribution in [0, 0.1) is 6.92 Å². The highest BCUT2D eigenvalue weighted by Crippen LogP contribution is 2.25. The van der Waals surface area contributed by atoms with Crippen molar-refractivity contribution in [2.45, 2.75) is 6.92 Å². The van der Waals surface area contributed by atoms with Gasteiger partial charge in [0, 0.05) is 26.2 Å². The Labute approximate surface area is 108 Å². The molecule has 1 fully saturated rings. The van der Waals surface area contributed by atoms with Crippen molar-refractivity contribution in [1.82, 2.24) is 4.31 Å². The number of piperazine rings is 1. The fraction of sp³-hybridized carbons (Fsp3) is 0.500. The van der Waals surface area contributed by atoms with Crippen LogP contribution < -0.4 is 10.6 Å². The van der Waals surface area contributed by atoms with Crippen LogP contribution in [0.15, 0.2) is 18.2 Å². The Kier molecular flexibility index (Phi) is 3.49. The average Bonchev–Trinajstić information content (AvgIpc) is 2.28. The molecule has 0 aliphatic carbocycles. The number of aryl methyl sites for hydroxylation is 1. The first kappa shape index (κ1) is 13.2. The van der Waals surface area contributed by atoms with Crippen molar-refractivity contribution in [1.29, 1.82) is 0 Å². The minimum atomic E-state index is -3.07. The molecule has 1 aliphatic rings. The van der Waals surface area contributed by atoms with E-state index in [1.54, 1.807) is 0 Å². The number of hydrogen-bond donors (Lipinski definition) is 1. The zero-order valence-corrected chi connectivity index (χ0v) is 11.6. The highest BCUT2D eigenvalue weighted by atomic mass is 32.2. The third-order valence-electron chi connectivity index (χ3n) is 3.23. The average molecular weight is 269 g/mol. The van der Waals surface area contributed by atoms with Crippen molar-refractivity contribution in [2.75, 3.05) is 43.1 Å². The molecule has 18 heavy (non-hydrogen) atoms. The summed E-state index contributed by atoms with van der Waals surface area (Å²) in [5.41, 5.74) is 8.88. The van der Waals surface area contributed by atoms with Crippen molar-refractivity contribution in [2.24, 2.45) is 0 Å². The lowest BCUT2D eigenvalue weighted by Gasteiger charge is -2.35. The van der Waals surface area contributed by atoms with E-state index in [1.807, 2.05) is 25.1 Å². The van der Waals surface area contributed by atoms with Crippen molar-refractivity contribution in [3.63, 3.8) is 0 Å². The van der Waals surface area contributed by atoms with E-state index in [1.165, 1.54) is 10.6 Å². The second-order valence-corrected chi connectivity index (χ2v) is 6.69. The topological polar surface area (TPSA) is 66.6 Å². The summed E-state index contributed by atoms with van der Waals surface area (Å²) in [7, 11) is -3.07. The summed E-state index contributed by atoms with van der Waals surface area (Å²) >= 11 is 0. The molecule has 0 aromatic heterocycles. The molecule has 2 N–H and O–H groups in total. The first-order chi connectivity index (χ1) is 8.38. The Morgan fingerprint density at radius 1 is 1.17 bits per heavy atom. The van der Waals surface area contributed by atoms with Crippen LogP contribution in [0.1, 0.15) is 5.56 Å². The molecule has 0 unspecified atom stereocenters. The third-order valence-corrected chi connectivity index (χ3v) is 4.53. The summed E-state index contributed by atoms with van der Waals surface area (Å²) in [5.74, 6) is 0. The van der Waals surface area contributed by atoms with Crippen LogP contribution in [0.3, 0.4) is 0 Å². The van der Waals surface area contributed by atoms with E-state index >= 15 is 0 Å². The number of nitrogens with two attached hydrogens (primary N) is 1. The summed E-state index contributed by atoms with van der Waals surface area (Å²) in [4.78, 5) is 2.14. The molecule has 5 nitrogen and oxygen atoms in total. The molecule has 1 heterocycles. The third kappa shape index (κ3) is 2.76. The van der Waals surface area contributed by atoms with E-state index in [0.717, 1.165) is 16.9 Å². The lowest BCUT2D eigenvalue weighted by molar-refractivity contribution is 0.388. The van der Waals surface area contributed by atoms with Gasteiger partial charge in [0.15, 0.2) is 0 Å². The largest absolute Gasteiger partial charge is 0.397 e. The van der Waals surface area contributed by atoms with Crippen LogP contribution in [-0.2, 0) is 10.0 Å². The van der Waals surface area contributed by atoms with Gasteiger partial charge in [-0.2, -0.15) is 4.31 Å². The zero-order valence-electron chi connectivity index (χ0n) is 10.8. The van der Waals surface area contributed by atoms with Gasteiger partial charge in [0.1, 0.15) is 0 Å². The fourth-order valence-corrected chi connectivity index (χ4v) is 3.05. The quantitative estimate of drug-likeness (QED) is 0.801. The molecule has 0 radical (unpaired) electrons. The van der Waals surface area contributed by atoms with Gasteiger partial charge in [-0.1, -0.05) is 6.07 Å². The zero-order chi connectivity index (χ0) is 13.3. The Bertz CT molecular complexity index is 534. The summed E-state index contributed by atoms with van der Waals surface area (Å²) in [6.45, 7) is 4.40. The van der Waals surface area contributed by atoms with Crippen molar-refractivity contribution >= 4 is 21.4 Å². The van der Waals surface area contributed by atoms with Crippen LogP contribution in [0.5, 0.6) is 0 Å². The van der Waals surface area contributed by atoms with Crippen LogP contribution >= 0.6 is 0 Å². The molecular weight excluding hydrogens is 250 g/mol. The molecule has 2 rings (SSSR count). The molecule has 1 aliphatic heterocycles. The van der Waals surface area contributed by atoms with Crippen molar-refractivity contribution < 1.29 is 8.42 Å². The highest BCUT2D eigenvalue weighted by molar-refractivity contribution is 7.88. The Balaban J connectivity index is 2.10. The smallest absolute Gasteiger partial charge is 0.211 e. The number of rotatable bonds is 2. The predicted molar refractivity (Wildman–Crippen MR) is 74.2 cm³/mol. The summed E-state index contributed by atoms with van der Waals surface area (Å²) < 4.78 is 24.4. The number of nitrogen functional groups attached to an aromatic ring is 1. The van der Waals surface area contributed by atoms with E-state index in [0.29, 0.717) is 26.2 Å². The van der Waals surface area contributed by atoms with Crippen LogP contribution in [-0.4, -0.2) is 45.2 Å². The van der Waals surface area contributed by atoms with Crippen molar-refractivity contribution in [3.8, 4) is 0 Å². The van der Waals surface area contributed by atoms with Crippen LogP contribution in [0.4, 0.5) is 11.4 Å². The van der Waals surface area contributed by atoms with Gasteiger partial charge in [-0.05, 0) is 24.6 Å². The Morgan fingerprint density at radius 3 is 2.28 bits per heavy atom. The van der Waals surface area contributed by atoms with Gasteiger partial charge < -0.3 is 10.6 Å².